The molecule has 156 valence electrons. The molecule has 0 aromatic heterocycles. The van der Waals surface area contributed by atoms with Gasteiger partial charge in [0.1, 0.15) is 0 Å². The summed E-state index contributed by atoms with van der Waals surface area (Å²) in [5, 5.41) is 0. The number of halogens is 1. The second kappa shape index (κ2) is 9.56. The molecule has 0 aliphatic rings. The number of hydrogen-bond acceptors (Lipinski definition) is 7. The van der Waals surface area contributed by atoms with Crippen molar-refractivity contribution in [1.29, 1.82) is 0 Å². The number of nitrogens with zero attached hydrogens (tertiary/aromatic N) is 1. The molecule has 0 bridgehead atoms. The summed E-state index contributed by atoms with van der Waals surface area (Å²) < 4.78 is 22.0. The fraction of sp³-hybridized carbons (Fsp3) is 0.286. The summed E-state index contributed by atoms with van der Waals surface area (Å²) in [5.41, 5.74) is 8.48. The van der Waals surface area contributed by atoms with Crippen molar-refractivity contribution in [3.63, 3.8) is 0 Å². The van der Waals surface area contributed by atoms with Crippen molar-refractivity contribution in [1.82, 2.24) is 0 Å². The maximum absolute atomic E-state index is 12.9. The van der Waals surface area contributed by atoms with Gasteiger partial charge < -0.3 is 29.6 Å². The fourth-order valence-electron chi connectivity index (χ4n) is 2.91. The van der Waals surface area contributed by atoms with Gasteiger partial charge in [-0.3, -0.25) is 4.79 Å². The highest BCUT2D eigenvalue weighted by molar-refractivity contribution is 9.12. The number of benzene rings is 2. The number of allylic oxidation sites excluding steroid dienone is 1. The van der Waals surface area contributed by atoms with E-state index in [0.717, 1.165) is 5.69 Å². The largest absolute Gasteiger partial charge is 0.493 e. The number of carbonyl (C=O) groups is 1. The second-order valence-corrected chi connectivity index (χ2v) is 7.11. The molecule has 0 spiro atoms. The lowest BCUT2D eigenvalue weighted by Crippen LogP contribution is -2.12. The van der Waals surface area contributed by atoms with Crippen molar-refractivity contribution in [2.24, 2.45) is 0 Å². The number of nitrogen functional groups attached to an aromatic ring is 1. The van der Waals surface area contributed by atoms with Gasteiger partial charge in [0.05, 0.1) is 44.3 Å². The number of anilines is 2. The van der Waals surface area contributed by atoms with Gasteiger partial charge in [0.15, 0.2) is 17.3 Å². The van der Waals surface area contributed by atoms with E-state index in [1.54, 1.807) is 24.3 Å². The number of nitrogens with two attached hydrogens (primary N) is 1. The molecule has 0 atom stereocenters. The Morgan fingerprint density at radius 2 is 1.59 bits per heavy atom. The highest BCUT2D eigenvalue weighted by Gasteiger charge is 2.22. The summed E-state index contributed by atoms with van der Waals surface area (Å²) in [5.74, 6) is 1.41. The number of rotatable bonds is 8. The molecular weight excluding hydrogens is 440 g/mol. The number of methoxy groups -OCH3 is 4. The minimum absolute atomic E-state index is 0.224. The first-order valence-electron chi connectivity index (χ1n) is 8.64. The molecule has 8 heteroatoms. The first-order chi connectivity index (χ1) is 13.8. The molecule has 0 aliphatic heterocycles. The van der Waals surface area contributed by atoms with Crippen molar-refractivity contribution >= 4 is 39.2 Å². The molecule has 0 unspecified atom stereocenters. The van der Waals surface area contributed by atoms with E-state index >= 15 is 0 Å². The molecule has 0 radical (unpaired) electrons. The number of hydrogen-bond donors (Lipinski definition) is 1. The molecule has 2 N–H and O–H groups in total. The Hall–Kier alpha value is -2.87. The van der Waals surface area contributed by atoms with Crippen LogP contribution in [-0.4, -0.2) is 48.3 Å². The zero-order valence-electron chi connectivity index (χ0n) is 17.3. The lowest BCUT2D eigenvalue weighted by molar-refractivity contribution is 0.104. The molecule has 29 heavy (non-hydrogen) atoms. The first kappa shape index (κ1) is 22.4. The maximum atomic E-state index is 12.9. The van der Waals surface area contributed by atoms with Crippen molar-refractivity contribution in [3.8, 4) is 23.0 Å². The SMILES string of the molecule is COc1cc(C=C(Br)C(=O)c2ccc(N(C)C)c(N)c2)c(OC)c(OC)c1OC. The zero-order valence-corrected chi connectivity index (χ0v) is 18.9. The van der Waals surface area contributed by atoms with Gasteiger partial charge in [0.2, 0.25) is 11.5 Å². The summed E-state index contributed by atoms with van der Waals surface area (Å²) >= 11 is 3.37. The van der Waals surface area contributed by atoms with Crippen LogP contribution in [0.15, 0.2) is 28.7 Å². The van der Waals surface area contributed by atoms with Gasteiger partial charge in [-0.25, -0.2) is 0 Å². The van der Waals surface area contributed by atoms with Crippen LogP contribution < -0.4 is 29.6 Å². The van der Waals surface area contributed by atoms with Crippen LogP contribution in [0.1, 0.15) is 15.9 Å². The molecule has 0 fully saturated rings. The average molecular weight is 465 g/mol. The highest BCUT2D eigenvalue weighted by atomic mass is 79.9. The van der Waals surface area contributed by atoms with Crippen LogP contribution in [-0.2, 0) is 0 Å². The van der Waals surface area contributed by atoms with Gasteiger partial charge in [0.25, 0.3) is 0 Å². The van der Waals surface area contributed by atoms with Crippen molar-refractivity contribution in [3.05, 3.63) is 39.9 Å². The van der Waals surface area contributed by atoms with Gasteiger partial charge >= 0.3 is 0 Å². The Bertz CT molecular complexity index is 941. The smallest absolute Gasteiger partial charge is 0.207 e. The predicted octanol–water partition coefficient (Wildman–Crippen LogP) is 3.99. The van der Waals surface area contributed by atoms with Gasteiger partial charge in [0, 0.05) is 25.2 Å². The minimum Gasteiger partial charge on any atom is -0.493 e. The summed E-state index contributed by atoms with van der Waals surface area (Å²) in [6, 6.07) is 6.90. The molecule has 0 aliphatic carbocycles. The maximum Gasteiger partial charge on any atom is 0.207 e. The van der Waals surface area contributed by atoms with Crippen molar-refractivity contribution in [2.75, 3.05) is 53.2 Å². The molecule has 0 amide bonds. The van der Waals surface area contributed by atoms with Crippen LogP contribution in [0.2, 0.25) is 0 Å². The standard InChI is InChI=1S/C21H25BrN2O5/c1-24(2)16-8-7-12(10-15(16)23)18(25)14(22)9-13-11-17(26-3)20(28-5)21(29-6)19(13)27-4/h7-11H,23H2,1-6H3. The van der Waals surface area contributed by atoms with E-state index in [1.807, 2.05) is 25.1 Å². The molecule has 7 nitrogen and oxygen atoms in total. The van der Waals surface area contributed by atoms with E-state index in [2.05, 4.69) is 15.9 Å². The average Bonchev–Trinajstić information content (AvgIpc) is 2.71. The molecule has 2 rings (SSSR count). The van der Waals surface area contributed by atoms with Gasteiger partial charge in [-0.15, -0.1) is 0 Å². The monoisotopic (exact) mass is 464 g/mol. The normalized spacial score (nSPS) is 11.1. The van der Waals surface area contributed by atoms with Crippen LogP contribution >= 0.6 is 15.9 Å². The van der Waals surface area contributed by atoms with Crippen molar-refractivity contribution in [2.45, 2.75) is 0 Å². The molecule has 0 heterocycles. The number of Topliss-reactive ketones (excluding diaryl/α,β-unsaturated/α-hetero) is 1. The van der Waals surface area contributed by atoms with Crippen molar-refractivity contribution < 1.29 is 23.7 Å². The zero-order chi connectivity index (χ0) is 21.7. The third kappa shape index (κ3) is 4.59. The Morgan fingerprint density at radius 3 is 2.07 bits per heavy atom. The van der Waals surface area contributed by atoms with E-state index in [9.17, 15) is 4.79 Å². The Labute approximate surface area is 179 Å². The van der Waals surface area contributed by atoms with Crippen LogP contribution in [0, 0.1) is 0 Å². The van der Waals surface area contributed by atoms with E-state index in [0.29, 0.717) is 44.3 Å². The Morgan fingerprint density at radius 1 is 0.966 bits per heavy atom. The first-order valence-corrected chi connectivity index (χ1v) is 9.44. The van der Waals surface area contributed by atoms with Crippen LogP contribution in [0.4, 0.5) is 11.4 Å². The van der Waals surface area contributed by atoms with E-state index in [-0.39, 0.29) is 5.78 Å². The fourth-order valence-corrected chi connectivity index (χ4v) is 3.39. The number of carbonyl (C=O) groups excluding carboxylic acids is 1. The summed E-state index contributed by atoms with van der Waals surface area (Å²) in [7, 11) is 9.82. The minimum atomic E-state index is -0.224. The molecule has 0 saturated carbocycles. The van der Waals surface area contributed by atoms with E-state index in [4.69, 9.17) is 24.7 Å². The van der Waals surface area contributed by atoms with Crippen LogP contribution in [0.5, 0.6) is 23.0 Å². The predicted molar refractivity (Wildman–Crippen MR) is 119 cm³/mol. The number of ketones is 1. The lowest BCUT2D eigenvalue weighted by atomic mass is 10.1. The topological polar surface area (TPSA) is 83.3 Å². The third-order valence-corrected chi connectivity index (χ3v) is 4.88. The molecular formula is C21H25BrN2O5. The van der Waals surface area contributed by atoms with Gasteiger partial charge in [-0.05, 0) is 46.3 Å². The summed E-state index contributed by atoms with van der Waals surface area (Å²) in [6.45, 7) is 0. The highest BCUT2D eigenvalue weighted by Crippen LogP contribution is 2.47. The van der Waals surface area contributed by atoms with Gasteiger partial charge in [-0.2, -0.15) is 0 Å². The Kier molecular flexibility index (Phi) is 7.39. The molecule has 0 saturated heterocycles. The van der Waals surface area contributed by atoms with E-state index < -0.39 is 0 Å². The van der Waals surface area contributed by atoms with E-state index in [1.165, 1.54) is 28.4 Å². The molecule has 2 aromatic rings. The van der Waals surface area contributed by atoms with Gasteiger partial charge in [-0.1, -0.05) is 0 Å². The lowest BCUT2D eigenvalue weighted by Gasteiger charge is -2.17. The van der Waals surface area contributed by atoms with Crippen LogP contribution in [0.25, 0.3) is 6.08 Å². The Balaban J connectivity index is 2.53. The van der Waals surface area contributed by atoms with Crippen LogP contribution in [0.3, 0.4) is 0 Å². The quantitative estimate of drug-likeness (QED) is 0.359. The second-order valence-electron chi connectivity index (χ2n) is 6.26. The summed E-state index contributed by atoms with van der Waals surface area (Å²) in [6.07, 6.45) is 1.64. The third-order valence-electron chi connectivity index (χ3n) is 4.29. The molecule has 2 aromatic carbocycles. The summed E-state index contributed by atoms with van der Waals surface area (Å²) in [4.78, 5) is 14.8. The number of ether oxygens (including phenoxy) is 4.